The molecule has 0 spiro atoms. The van der Waals surface area contributed by atoms with E-state index < -0.39 is 16.2 Å². The average molecular weight is 593 g/mol. The molecule has 0 aromatic carbocycles. The summed E-state index contributed by atoms with van der Waals surface area (Å²) >= 11 is 0. The summed E-state index contributed by atoms with van der Waals surface area (Å²) < 4.78 is 10.7. The van der Waals surface area contributed by atoms with Crippen LogP contribution in [0.5, 0.6) is 0 Å². The molecular formula is C36H52N2O5. The number of fused-ring (bicyclic) bond motifs is 7. The van der Waals surface area contributed by atoms with E-state index in [-0.39, 0.29) is 63.1 Å². The number of carbonyl (C=O) groups is 3. The zero-order chi connectivity index (χ0) is 31.8. The Morgan fingerprint density at radius 1 is 1.00 bits per heavy atom. The summed E-state index contributed by atoms with van der Waals surface area (Å²) in [4.78, 5) is 41.7. The fraction of sp³-hybridized carbons (Fsp3) is 0.778. The van der Waals surface area contributed by atoms with E-state index in [9.17, 15) is 19.6 Å². The lowest BCUT2D eigenvalue weighted by Gasteiger charge is -2.69. The van der Waals surface area contributed by atoms with E-state index in [0.717, 1.165) is 44.1 Å². The molecular weight excluding hydrogens is 540 g/mol. The molecule has 2 unspecified atom stereocenters. The van der Waals surface area contributed by atoms with Crippen LogP contribution in [0.3, 0.4) is 0 Å². The third kappa shape index (κ3) is 4.44. The van der Waals surface area contributed by atoms with Gasteiger partial charge in [0.1, 0.15) is 6.07 Å². The summed E-state index contributed by atoms with van der Waals surface area (Å²) in [5, 5.41) is 13.1. The van der Waals surface area contributed by atoms with Gasteiger partial charge < -0.3 is 14.8 Å². The Balaban J connectivity index is 1.55. The molecule has 5 aliphatic carbocycles. The van der Waals surface area contributed by atoms with Crippen molar-refractivity contribution in [2.75, 3.05) is 27.4 Å². The van der Waals surface area contributed by atoms with Crippen LogP contribution in [0.2, 0.25) is 0 Å². The quantitative estimate of drug-likeness (QED) is 0.407. The molecule has 7 nitrogen and oxygen atoms in total. The Labute approximate surface area is 258 Å². The molecule has 1 amide bonds. The first-order valence-electron chi connectivity index (χ1n) is 16.2. The number of allylic oxidation sites excluding steroid dienone is 4. The molecule has 1 N–H and O–H groups in total. The lowest BCUT2D eigenvalue weighted by Crippen LogP contribution is -2.65. The second-order valence-electron chi connectivity index (χ2n) is 16.4. The van der Waals surface area contributed by atoms with Crippen LogP contribution >= 0.6 is 0 Å². The zero-order valence-electron chi connectivity index (χ0n) is 27.8. The Kier molecular flexibility index (Phi) is 7.75. The van der Waals surface area contributed by atoms with Gasteiger partial charge in [-0.25, -0.2) is 0 Å². The summed E-state index contributed by atoms with van der Waals surface area (Å²) in [7, 11) is 3.25. The largest absolute Gasteiger partial charge is 0.382 e. The fourth-order valence-corrected chi connectivity index (χ4v) is 10.8. The van der Waals surface area contributed by atoms with Gasteiger partial charge in [-0.05, 0) is 79.1 Å². The maximum atomic E-state index is 14.6. The van der Waals surface area contributed by atoms with Gasteiger partial charge in [-0.1, -0.05) is 60.1 Å². The van der Waals surface area contributed by atoms with E-state index in [0.29, 0.717) is 19.6 Å². The van der Waals surface area contributed by atoms with Crippen molar-refractivity contribution in [3.63, 3.8) is 0 Å². The molecule has 0 bridgehead atoms. The average Bonchev–Trinajstić information content (AvgIpc) is 2.93. The van der Waals surface area contributed by atoms with Crippen molar-refractivity contribution in [3.05, 3.63) is 23.3 Å². The SMILES string of the molecule is COCC(COC)NC(=O)[C@@]1(C)CC[C@]2(C)CC[C@]3(C)C(C(=O)C=C4C5(C)C=C(C#N)C(=O)C(C)(C)[C@@H]5CC[C@]43C)[C@@H]2C1. The van der Waals surface area contributed by atoms with Crippen LogP contribution in [-0.2, 0) is 23.9 Å². The smallest absolute Gasteiger partial charge is 0.226 e. The van der Waals surface area contributed by atoms with Gasteiger partial charge in [-0.2, -0.15) is 5.26 Å². The Hall–Kier alpha value is -2.30. The van der Waals surface area contributed by atoms with Crippen molar-refractivity contribution in [1.82, 2.24) is 5.32 Å². The highest BCUT2D eigenvalue weighted by Crippen LogP contribution is 2.74. The molecule has 3 saturated carbocycles. The number of hydrogen-bond acceptors (Lipinski definition) is 6. The van der Waals surface area contributed by atoms with Gasteiger partial charge in [0.2, 0.25) is 5.91 Å². The normalized spacial score (nSPS) is 43.3. The molecule has 0 radical (unpaired) electrons. The van der Waals surface area contributed by atoms with E-state index in [1.807, 2.05) is 26.0 Å². The van der Waals surface area contributed by atoms with Gasteiger partial charge in [0.05, 0.1) is 24.8 Å². The number of ketones is 2. The number of hydrogen-bond donors (Lipinski definition) is 1. The van der Waals surface area contributed by atoms with Gasteiger partial charge in [0.25, 0.3) is 0 Å². The molecule has 8 atom stereocenters. The molecule has 7 heteroatoms. The van der Waals surface area contributed by atoms with E-state index in [1.54, 1.807) is 14.2 Å². The molecule has 0 aliphatic heterocycles. The topological polar surface area (TPSA) is 105 Å². The predicted molar refractivity (Wildman–Crippen MR) is 165 cm³/mol. The zero-order valence-corrected chi connectivity index (χ0v) is 27.8. The second-order valence-corrected chi connectivity index (χ2v) is 16.4. The highest BCUT2D eigenvalue weighted by molar-refractivity contribution is 6.04. The monoisotopic (exact) mass is 592 g/mol. The minimum absolute atomic E-state index is 0.00593. The number of nitriles is 1. The molecule has 43 heavy (non-hydrogen) atoms. The number of methoxy groups -OCH3 is 2. The van der Waals surface area contributed by atoms with Crippen LogP contribution in [0.15, 0.2) is 23.3 Å². The van der Waals surface area contributed by atoms with Crippen molar-refractivity contribution < 1.29 is 23.9 Å². The lowest BCUT2D eigenvalue weighted by molar-refractivity contribution is -0.172. The minimum atomic E-state index is -0.676. The number of Topliss-reactive ketones (excluding diaryl/α,β-unsaturated/α-hetero) is 1. The van der Waals surface area contributed by atoms with E-state index in [2.05, 4.69) is 46.0 Å². The van der Waals surface area contributed by atoms with E-state index in [1.165, 1.54) is 0 Å². The molecule has 236 valence electrons. The Morgan fingerprint density at radius 3 is 2.23 bits per heavy atom. The number of ether oxygens (including phenoxy) is 2. The number of nitrogens with zero attached hydrogens (tertiary/aromatic N) is 1. The van der Waals surface area contributed by atoms with Gasteiger partial charge in [0, 0.05) is 36.4 Å². The first-order chi connectivity index (χ1) is 20.0. The standard InChI is InChI=1S/C36H52N2O5/c1-31(2)26-10-11-35(6)27(34(26,5)17-22(19-37)29(31)40)16-25(39)28-24-18-33(4,30(41)38-23(20-42-8)21-43-9)13-12-32(24,3)14-15-36(28,35)7/h16-17,23-24,26,28H,10-15,18,20-21H2,1-9H3,(H,38,41)/t24-,26-,28?,32+,33-,34?,35+,36+/m0/s1. The maximum absolute atomic E-state index is 14.6. The highest BCUT2D eigenvalue weighted by atomic mass is 16.5. The Bertz CT molecular complexity index is 1320. The van der Waals surface area contributed by atoms with Crippen molar-refractivity contribution in [1.29, 1.82) is 5.26 Å². The summed E-state index contributed by atoms with van der Waals surface area (Å²) in [6, 6.07) is 1.97. The van der Waals surface area contributed by atoms with E-state index in [4.69, 9.17) is 9.47 Å². The molecule has 5 rings (SSSR count). The number of amides is 1. The molecule has 0 heterocycles. The summed E-state index contributed by atoms with van der Waals surface area (Å²) in [6.45, 7) is 16.0. The molecule has 0 aromatic rings. The third-order valence-electron chi connectivity index (χ3n) is 13.7. The van der Waals surface area contributed by atoms with Crippen LogP contribution in [0.1, 0.15) is 93.4 Å². The van der Waals surface area contributed by atoms with Crippen LogP contribution in [-0.4, -0.2) is 50.9 Å². The van der Waals surface area contributed by atoms with Gasteiger partial charge in [-0.3, -0.25) is 14.4 Å². The number of nitrogens with one attached hydrogen (secondary N) is 1. The van der Waals surface area contributed by atoms with E-state index >= 15 is 0 Å². The van der Waals surface area contributed by atoms with Crippen LogP contribution < -0.4 is 5.32 Å². The summed E-state index contributed by atoms with van der Waals surface area (Å²) in [6.07, 6.45) is 9.97. The van der Waals surface area contributed by atoms with Crippen molar-refractivity contribution >= 4 is 17.5 Å². The van der Waals surface area contributed by atoms with Crippen molar-refractivity contribution in [2.45, 2.75) is 99.5 Å². The minimum Gasteiger partial charge on any atom is -0.382 e. The summed E-state index contributed by atoms with van der Waals surface area (Å²) in [5.41, 5.74) is -1.03. The number of rotatable bonds is 6. The van der Waals surface area contributed by atoms with Crippen LogP contribution in [0.4, 0.5) is 0 Å². The van der Waals surface area contributed by atoms with Crippen molar-refractivity contribution in [2.24, 2.45) is 50.2 Å². The second kappa shape index (κ2) is 10.4. The lowest BCUT2D eigenvalue weighted by atomic mass is 9.34. The molecule has 5 aliphatic rings. The molecule has 0 aromatic heterocycles. The summed E-state index contributed by atoms with van der Waals surface area (Å²) in [5.74, 6) is 0.0257. The molecule has 0 saturated heterocycles. The first kappa shape index (κ1) is 32.1. The van der Waals surface area contributed by atoms with Gasteiger partial charge >= 0.3 is 0 Å². The number of carbonyl (C=O) groups excluding carboxylic acids is 3. The van der Waals surface area contributed by atoms with Crippen LogP contribution in [0, 0.1) is 61.6 Å². The van der Waals surface area contributed by atoms with Gasteiger partial charge in [-0.15, -0.1) is 0 Å². The fourth-order valence-electron chi connectivity index (χ4n) is 10.8. The predicted octanol–water partition coefficient (Wildman–Crippen LogP) is 5.98. The molecule has 3 fully saturated rings. The Morgan fingerprint density at radius 2 is 1.63 bits per heavy atom. The maximum Gasteiger partial charge on any atom is 0.226 e. The highest BCUT2D eigenvalue weighted by Gasteiger charge is 2.69. The first-order valence-corrected chi connectivity index (χ1v) is 16.2. The van der Waals surface area contributed by atoms with Crippen molar-refractivity contribution in [3.8, 4) is 6.07 Å². The van der Waals surface area contributed by atoms with Crippen LogP contribution in [0.25, 0.3) is 0 Å². The third-order valence-corrected chi connectivity index (χ3v) is 13.7. The van der Waals surface area contributed by atoms with Gasteiger partial charge in [0.15, 0.2) is 11.6 Å².